The molecule has 1 fully saturated rings. The van der Waals surface area contributed by atoms with Crippen LogP contribution in [-0.2, 0) is 23.9 Å². The number of benzene rings is 1. The molecule has 1 aromatic carbocycles. The molecule has 8 heteroatoms. The summed E-state index contributed by atoms with van der Waals surface area (Å²) in [4.78, 5) is 34.2. The van der Waals surface area contributed by atoms with Gasteiger partial charge in [-0.05, 0) is 44.7 Å². The predicted molar refractivity (Wildman–Crippen MR) is 90.1 cm³/mol. The average molecular weight is 367 g/mol. The number of carbonyl (C=O) groups is 3. The second kappa shape index (κ2) is 9.17. The molecular weight excluding hydrogens is 345 g/mol. The van der Waals surface area contributed by atoms with E-state index in [-0.39, 0.29) is 23.7 Å². The number of esters is 2. The number of amides is 1. The molecule has 0 atom stereocenters. The molecule has 1 aliphatic rings. The zero-order valence-corrected chi connectivity index (χ0v) is 14.7. The topological polar surface area (TPSA) is 90.9 Å². The Labute approximate surface area is 150 Å². The Kier molecular flexibility index (Phi) is 6.94. The zero-order chi connectivity index (χ0) is 19.1. The third-order valence-electron chi connectivity index (χ3n) is 4.16. The lowest BCUT2D eigenvalue weighted by Crippen LogP contribution is -2.29. The highest BCUT2D eigenvalue weighted by atomic mass is 19.1. The summed E-state index contributed by atoms with van der Waals surface area (Å²) in [7, 11) is 1.06. The summed E-state index contributed by atoms with van der Waals surface area (Å²) >= 11 is 0. The summed E-state index contributed by atoms with van der Waals surface area (Å²) in [6.45, 7) is 2.14. The Morgan fingerprint density at radius 3 is 2.46 bits per heavy atom. The molecule has 7 nitrogen and oxygen atoms in total. The second-order valence-electron chi connectivity index (χ2n) is 5.93. The van der Waals surface area contributed by atoms with Gasteiger partial charge in [-0.15, -0.1) is 0 Å². The molecule has 26 heavy (non-hydrogen) atoms. The lowest BCUT2D eigenvalue weighted by atomic mass is 9.87. The number of halogens is 1. The van der Waals surface area contributed by atoms with Crippen molar-refractivity contribution in [3.05, 3.63) is 24.0 Å². The summed E-state index contributed by atoms with van der Waals surface area (Å²) in [5, 5.41) is 2.13. The van der Waals surface area contributed by atoms with Crippen molar-refractivity contribution in [2.75, 3.05) is 19.0 Å². The molecule has 1 aliphatic carbocycles. The number of nitrogens with one attached hydrogen (secondary N) is 1. The third-order valence-corrected chi connectivity index (χ3v) is 4.16. The van der Waals surface area contributed by atoms with Crippen molar-refractivity contribution in [2.45, 2.75) is 38.7 Å². The van der Waals surface area contributed by atoms with Crippen molar-refractivity contribution < 1.29 is 33.0 Å². The van der Waals surface area contributed by atoms with Gasteiger partial charge in [-0.3, -0.25) is 9.59 Å². The molecule has 0 spiro atoms. The molecule has 0 unspecified atom stereocenters. The molecule has 1 saturated carbocycles. The minimum Gasteiger partial charge on any atom is -0.490 e. The van der Waals surface area contributed by atoms with E-state index in [1.165, 1.54) is 12.1 Å². The van der Waals surface area contributed by atoms with Gasteiger partial charge in [0, 0.05) is 6.07 Å². The molecule has 0 aromatic heterocycles. The molecule has 1 amide bonds. The van der Waals surface area contributed by atoms with E-state index in [9.17, 15) is 18.8 Å². The first-order valence-electron chi connectivity index (χ1n) is 8.46. The Morgan fingerprint density at radius 1 is 1.19 bits per heavy atom. The van der Waals surface area contributed by atoms with Gasteiger partial charge < -0.3 is 19.5 Å². The van der Waals surface area contributed by atoms with Crippen molar-refractivity contribution in [3.63, 3.8) is 0 Å². The molecule has 0 heterocycles. The van der Waals surface area contributed by atoms with Crippen molar-refractivity contribution in [3.8, 4) is 5.75 Å². The van der Waals surface area contributed by atoms with E-state index >= 15 is 0 Å². The summed E-state index contributed by atoms with van der Waals surface area (Å²) in [5.74, 6) is -2.86. The number of hydrogen-bond acceptors (Lipinski definition) is 6. The van der Waals surface area contributed by atoms with E-state index in [2.05, 4.69) is 10.1 Å². The van der Waals surface area contributed by atoms with Gasteiger partial charge in [0.05, 0.1) is 31.4 Å². The van der Waals surface area contributed by atoms with Crippen molar-refractivity contribution in [1.82, 2.24) is 0 Å². The number of carbonyl (C=O) groups excluding carboxylic acids is 3. The van der Waals surface area contributed by atoms with Gasteiger partial charge in [0.15, 0.2) is 0 Å². The molecular formula is C18H22FNO6. The summed E-state index contributed by atoms with van der Waals surface area (Å²) < 4.78 is 29.1. The third kappa shape index (κ3) is 5.18. The van der Waals surface area contributed by atoms with Gasteiger partial charge in [0.25, 0.3) is 0 Å². The van der Waals surface area contributed by atoms with Crippen LogP contribution < -0.4 is 10.1 Å². The normalized spacial score (nSPS) is 19.3. The highest BCUT2D eigenvalue weighted by Crippen LogP contribution is 2.29. The molecule has 1 N–H and O–H groups in total. The van der Waals surface area contributed by atoms with Gasteiger partial charge in [0.1, 0.15) is 11.6 Å². The lowest BCUT2D eigenvalue weighted by molar-refractivity contribution is -0.150. The number of ether oxygens (including phenoxy) is 3. The lowest BCUT2D eigenvalue weighted by Gasteiger charge is -2.27. The molecule has 0 aliphatic heterocycles. The quantitative estimate of drug-likeness (QED) is 0.635. The summed E-state index contributed by atoms with van der Waals surface area (Å²) in [6, 6.07) is 3.97. The van der Waals surface area contributed by atoms with Gasteiger partial charge in [-0.25, -0.2) is 9.18 Å². The first-order valence-corrected chi connectivity index (χ1v) is 8.46. The number of methoxy groups -OCH3 is 1. The van der Waals surface area contributed by atoms with E-state index in [0.717, 1.165) is 13.2 Å². The van der Waals surface area contributed by atoms with Crippen LogP contribution >= 0.6 is 0 Å². The fraction of sp³-hybridized carbons (Fsp3) is 0.500. The van der Waals surface area contributed by atoms with Gasteiger partial charge in [0.2, 0.25) is 0 Å². The molecule has 0 bridgehead atoms. The van der Waals surface area contributed by atoms with Crippen LogP contribution in [0.4, 0.5) is 10.1 Å². The van der Waals surface area contributed by atoms with E-state index in [1.54, 1.807) is 6.92 Å². The smallest absolute Gasteiger partial charge is 0.396 e. The Bertz CT molecular complexity index is 670. The Morgan fingerprint density at radius 2 is 1.88 bits per heavy atom. The molecule has 0 saturated heterocycles. The largest absolute Gasteiger partial charge is 0.490 e. The Balaban J connectivity index is 1.89. The number of rotatable bonds is 5. The van der Waals surface area contributed by atoms with Crippen LogP contribution in [0.3, 0.4) is 0 Å². The minimum absolute atomic E-state index is 0.109. The standard InChI is InChI=1S/C18H22FNO6/c1-3-25-17(22)11-4-6-12(7-5-11)26-13-8-9-15(14(19)10-13)20-16(21)18(23)24-2/h8-12H,3-7H2,1-2H3,(H,20,21)/t11-,12+. The number of hydrogen-bond donors (Lipinski definition) is 1. The summed E-state index contributed by atoms with van der Waals surface area (Å²) in [5.41, 5.74) is -0.140. The van der Waals surface area contributed by atoms with Crippen LogP contribution in [0, 0.1) is 11.7 Å². The molecule has 142 valence electrons. The van der Waals surface area contributed by atoms with Crippen molar-refractivity contribution >= 4 is 23.5 Å². The van der Waals surface area contributed by atoms with E-state index in [0.29, 0.717) is 38.0 Å². The van der Waals surface area contributed by atoms with Crippen molar-refractivity contribution in [2.24, 2.45) is 5.92 Å². The fourth-order valence-corrected chi connectivity index (χ4v) is 2.81. The predicted octanol–water partition coefficient (Wildman–Crippen LogP) is 2.44. The molecule has 1 aromatic rings. The van der Waals surface area contributed by atoms with Crippen LogP contribution in [0.5, 0.6) is 5.75 Å². The Hall–Kier alpha value is -2.64. The first-order chi connectivity index (χ1) is 12.4. The SMILES string of the molecule is CCOC(=O)[C@H]1CC[C@@H](Oc2ccc(NC(=O)C(=O)OC)c(F)c2)CC1. The fourth-order valence-electron chi connectivity index (χ4n) is 2.81. The zero-order valence-electron chi connectivity index (χ0n) is 14.7. The minimum atomic E-state index is -1.11. The molecule has 2 rings (SSSR count). The number of anilines is 1. The maximum Gasteiger partial charge on any atom is 0.396 e. The highest BCUT2D eigenvalue weighted by Gasteiger charge is 2.28. The summed E-state index contributed by atoms with van der Waals surface area (Å²) in [6.07, 6.45) is 2.56. The van der Waals surface area contributed by atoms with Gasteiger partial charge in [-0.2, -0.15) is 0 Å². The van der Waals surface area contributed by atoms with Crippen LogP contribution in [0.2, 0.25) is 0 Å². The van der Waals surface area contributed by atoms with E-state index < -0.39 is 17.7 Å². The van der Waals surface area contributed by atoms with Gasteiger partial charge >= 0.3 is 17.8 Å². The van der Waals surface area contributed by atoms with Crippen molar-refractivity contribution in [1.29, 1.82) is 0 Å². The van der Waals surface area contributed by atoms with Crippen LogP contribution in [0.1, 0.15) is 32.6 Å². The van der Waals surface area contributed by atoms with E-state index in [4.69, 9.17) is 9.47 Å². The van der Waals surface area contributed by atoms with Crippen LogP contribution in [0.25, 0.3) is 0 Å². The average Bonchev–Trinajstić information content (AvgIpc) is 2.64. The maximum absolute atomic E-state index is 14.1. The maximum atomic E-state index is 14.1. The second-order valence-corrected chi connectivity index (χ2v) is 5.93. The van der Waals surface area contributed by atoms with E-state index in [1.807, 2.05) is 0 Å². The molecule has 0 radical (unpaired) electrons. The van der Waals surface area contributed by atoms with Crippen LogP contribution in [-0.4, -0.2) is 37.7 Å². The van der Waals surface area contributed by atoms with Gasteiger partial charge in [-0.1, -0.05) is 0 Å². The first kappa shape index (κ1) is 19.7. The monoisotopic (exact) mass is 367 g/mol. The highest BCUT2D eigenvalue weighted by molar-refractivity contribution is 6.37. The van der Waals surface area contributed by atoms with Crippen LogP contribution in [0.15, 0.2) is 18.2 Å².